The molecule has 0 aromatic heterocycles. The molecule has 0 saturated carbocycles. The monoisotopic (exact) mass is 305 g/mol. The first-order valence-corrected chi connectivity index (χ1v) is 8.38. The van der Waals surface area contributed by atoms with E-state index in [4.69, 9.17) is 10.5 Å². The Bertz CT molecular complexity index is 694. The molecular weight excluding hydrogens is 286 g/mol. The number of hydrogen-bond acceptors (Lipinski definition) is 4. The first kappa shape index (κ1) is 15.5. The number of rotatable bonds is 6. The molecule has 0 aliphatic heterocycles. The Kier molecular flexibility index (Phi) is 4.98. The van der Waals surface area contributed by atoms with Gasteiger partial charge in [-0.3, -0.25) is 0 Å². The third kappa shape index (κ3) is 4.31. The maximum Gasteiger partial charge on any atom is 0.181 e. The zero-order chi connectivity index (χ0) is 15.3. The topological polar surface area (TPSA) is 69.4 Å². The number of ether oxygens (including phenoxy) is 1. The van der Waals surface area contributed by atoms with Crippen LogP contribution in [-0.2, 0) is 16.4 Å². The number of hydrogen-bond donors (Lipinski definition) is 1. The van der Waals surface area contributed by atoms with Gasteiger partial charge in [-0.05, 0) is 42.3 Å². The average molecular weight is 305 g/mol. The zero-order valence-electron chi connectivity index (χ0n) is 12.0. The number of aryl methyl sites for hydroxylation is 1. The molecule has 2 rings (SSSR count). The standard InChI is InChI=1S/C16H19NO3S/c1-13-3-2-4-15(11-13)20-9-10-21(18,19)16-7-5-14(12-17)6-8-16/h2-8,11H,9-10,12,17H2,1H3. The molecule has 0 fully saturated rings. The van der Waals surface area contributed by atoms with Gasteiger partial charge in [-0.2, -0.15) is 0 Å². The van der Waals surface area contributed by atoms with E-state index in [1.165, 1.54) is 0 Å². The van der Waals surface area contributed by atoms with Gasteiger partial charge in [0.2, 0.25) is 0 Å². The maximum absolute atomic E-state index is 12.2. The Morgan fingerprint density at radius 2 is 1.81 bits per heavy atom. The second-order valence-electron chi connectivity index (χ2n) is 4.83. The van der Waals surface area contributed by atoms with Gasteiger partial charge < -0.3 is 10.5 Å². The summed E-state index contributed by atoms with van der Waals surface area (Å²) in [5.74, 6) is 0.631. The molecule has 4 nitrogen and oxygen atoms in total. The van der Waals surface area contributed by atoms with Crippen molar-refractivity contribution in [3.05, 3.63) is 59.7 Å². The molecule has 0 atom stereocenters. The van der Waals surface area contributed by atoms with Gasteiger partial charge in [0, 0.05) is 6.54 Å². The summed E-state index contributed by atoms with van der Waals surface area (Å²) in [6.07, 6.45) is 0. The molecule has 0 unspecified atom stereocenters. The van der Waals surface area contributed by atoms with Gasteiger partial charge in [0.05, 0.1) is 10.6 Å². The molecule has 0 radical (unpaired) electrons. The minimum Gasteiger partial charge on any atom is -0.493 e. The molecule has 0 aliphatic rings. The van der Waals surface area contributed by atoms with Crippen molar-refractivity contribution in [1.82, 2.24) is 0 Å². The first-order chi connectivity index (χ1) is 10.0. The Morgan fingerprint density at radius 3 is 2.43 bits per heavy atom. The van der Waals surface area contributed by atoms with Crippen molar-refractivity contribution in [2.75, 3.05) is 12.4 Å². The van der Waals surface area contributed by atoms with Gasteiger partial charge in [0.15, 0.2) is 9.84 Å². The lowest BCUT2D eigenvalue weighted by atomic mass is 10.2. The van der Waals surface area contributed by atoms with Crippen LogP contribution in [-0.4, -0.2) is 20.8 Å². The van der Waals surface area contributed by atoms with E-state index >= 15 is 0 Å². The highest BCUT2D eigenvalue weighted by atomic mass is 32.2. The van der Waals surface area contributed by atoms with Crippen molar-refractivity contribution in [3.63, 3.8) is 0 Å². The molecule has 0 amide bonds. The van der Waals surface area contributed by atoms with Crippen LogP contribution < -0.4 is 10.5 Å². The number of benzene rings is 2. The fourth-order valence-electron chi connectivity index (χ4n) is 1.93. The number of sulfone groups is 1. The molecule has 0 heterocycles. The molecule has 0 spiro atoms. The van der Waals surface area contributed by atoms with Crippen molar-refractivity contribution in [2.24, 2.45) is 5.73 Å². The Morgan fingerprint density at radius 1 is 1.10 bits per heavy atom. The summed E-state index contributed by atoms with van der Waals surface area (Å²) < 4.78 is 29.8. The molecule has 21 heavy (non-hydrogen) atoms. The molecule has 2 N–H and O–H groups in total. The van der Waals surface area contributed by atoms with Crippen molar-refractivity contribution in [1.29, 1.82) is 0 Å². The largest absolute Gasteiger partial charge is 0.493 e. The minimum absolute atomic E-state index is 0.0527. The summed E-state index contributed by atoms with van der Waals surface area (Å²) in [7, 11) is -3.33. The van der Waals surface area contributed by atoms with E-state index in [-0.39, 0.29) is 12.4 Å². The van der Waals surface area contributed by atoms with Gasteiger partial charge in [0.25, 0.3) is 0 Å². The summed E-state index contributed by atoms with van der Waals surface area (Å²) >= 11 is 0. The van der Waals surface area contributed by atoms with Crippen LogP contribution in [0.25, 0.3) is 0 Å². The third-order valence-electron chi connectivity index (χ3n) is 3.13. The van der Waals surface area contributed by atoms with Crippen molar-refractivity contribution in [3.8, 4) is 5.75 Å². The molecule has 5 heteroatoms. The quantitative estimate of drug-likeness (QED) is 0.889. The predicted octanol–water partition coefficient (Wildman–Crippen LogP) is 2.31. The Balaban J connectivity index is 1.97. The molecule has 2 aromatic carbocycles. The fraction of sp³-hybridized carbons (Fsp3) is 0.250. The second-order valence-corrected chi connectivity index (χ2v) is 6.94. The smallest absolute Gasteiger partial charge is 0.181 e. The lowest BCUT2D eigenvalue weighted by molar-refractivity contribution is 0.340. The van der Waals surface area contributed by atoms with Crippen LogP contribution in [0, 0.1) is 6.92 Å². The van der Waals surface area contributed by atoms with E-state index < -0.39 is 9.84 Å². The van der Waals surface area contributed by atoms with Crippen LogP contribution in [0.5, 0.6) is 5.75 Å². The van der Waals surface area contributed by atoms with Crippen LogP contribution in [0.1, 0.15) is 11.1 Å². The fourth-order valence-corrected chi connectivity index (χ4v) is 3.01. The average Bonchev–Trinajstić information content (AvgIpc) is 2.47. The van der Waals surface area contributed by atoms with E-state index in [1.807, 2.05) is 31.2 Å². The van der Waals surface area contributed by atoms with E-state index in [0.29, 0.717) is 17.2 Å². The van der Waals surface area contributed by atoms with Gasteiger partial charge in [0.1, 0.15) is 12.4 Å². The van der Waals surface area contributed by atoms with Crippen molar-refractivity contribution < 1.29 is 13.2 Å². The highest BCUT2D eigenvalue weighted by Crippen LogP contribution is 2.15. The molecule has 2 aromatic rings. The lowest BCUT2D eigenvalue weighted by Crippen LogP contribution is -2.14. The van der Waals surface area contributed by atoms with Crippen LogP contribution in [0.4, 0.5) is 0 Å². The molecule has 0 saturated heterocycles. The van der Waals surface area contributed by atoms with E-state index in [2.05, 4.69) is 0 Å². The summed E-state index contributed by atoms with van der Waals surface area (Å²) in [5.41, 5.74) is 7.48. The highest BCUT2D eigenvalue weighted by molar-refractivity contribution is 7.91. The van der Waals surface area contributed by atoms with Gasteiger partial charge >= 0.3 is 0 Å². The lowest BCUT2D eigenvalue weighted by Gasteiger charge is -2.08. The Labute approximate surface area is 125 Å². The second kappa shape index (κ2) is 6.74. The maximum atomic E-state index is 12.2. The Hall–Kier alpha value is -1.85. The predicted molar refractivity (Wildman–Crippen MR) is 83.1 cm³/mol. The summed E-state index contributed by atoms with van der Waals surface area (Å²) in [6.45, 7) is 2.49. The van der Waals surface area contributed by atoms with Crippen LogP contribution >= 0.6 is 0 Å². The normalized spacial score (nSPS) is 11.3. The van der Waals surface area contributed by atoms with Crippen LogP contribution in [0.2, 0.25) is 0 Å². The van der Waals surface area contributed by atoms with Crippen LogP contribution in [0.15, 0.2) is 53.4 Å². The highest BCUT2D eigenvalue weighted by Gasteiger charge is 2.14. The minimum atomic E-state index is -3.33. The molecule has 0 aliphatic carbocycles. The van der Waals surface area contributed by atoms with E-state index in [9.17, 15) is 8.42 Å². The number of nitrogens with two attached hydrogens (primary N) is 1. The summed E-state index contributed by atoms with van der Waals surface area (Å²) in [5, 5.41) is 0. The molecule has 0 bridgehead atoms. The van der Waals surface area contributed by atoms with Crippen LogP contribution in [0.3, 0.4) is 0 Å². The van der Waals surface area contributed by atoms with Crippen molar-refractivity contribution >= 4 is 9.84 Å². The van der Waals surface area contributed by atoms with E-state index in [1.54, 1.807) is 24.3 Å². The molecule has 112 valence electrons. The third-order valence-corrected chi connectivity index (χ3v) is 4.82. The van der Waals surface area contributed by atoms with Gasteiger partial charge in [-0.15, -0.1) is 0 Å². The summed E-state index contributed by atoms with van der Waals surface area (Å²) in [4.78, 5) is 0.299. The van der Waals surface area contributed by atoms with E-state index in [0.717, 1.165) is 11.1 Å². The zero-order valence-corrected chi connectivity index (χ0v) is 12.8. The van der Waals surface area contributed by atoms with Gasteiger partial charge in [-0.25, -0.2) is 8.42 Å². The first-order valence-electron chi connectivity index (χ1n) is 6.72. The van der Waals surface area contributed by atoms with Crippen molar-refractivity contribution in [2.45, 2.75) is 18.4 Å². The SMILES string of the molecule is Cc1cccc(OCCS(=O)(=O)c2ccc(CN)cc2)c1. The van der Waals surface area contributed by atoms with Gasteiger partial charge in [-0.1, -0.05) is 24.3 Å². The molecular formula is C16H19NO3S. The summed E-state index contributed by atoms with van der Waals surface area (Å²) in [6, 6.07) is 14.2.